The van der Waals surface area contributed by atoms with Crippen molar-refractivity contribution in [2.75, 3.05) is 4.90 Å². The van der Waals surface area contributed by atoms with Crippen LogP contribution in [0.25, 0.3) is 0 Å². The molecule has 1 aliphatic rings. The van der Waals surface area contributed by atoms with E-state index in [0.29, 0.717) is 5.56 Å². The number of benzene rings is 2. The average molecular weight is 591 g/mol. The molecule has 1 saturated heterocycles. The minimum absolute atomic E-state index is 0.0571. The third-order valence-corrected chi connectivity index (χ3v) is 6.56. The summed E-state index contributed by atoms with van der Waals surface area (Å²) >= 11 is 0. The molecular formula is C27H22F9N3O2. The van der Waals surface area contributed by atoms with Gasteiger partial charge in [0.25, 0.3) is 0 Å². The van der Waals surface area contributed by atoms with Crippen LogP contribution < -0.4 is 15.0 Å². The van der Waals surface area contributed by atoms with Gasteiger partial charge in [-0.25, -0.2) is 0 Å². The maximum absolute atomic E-state index is 13.6. The lowest BCUT2D eigenvalue weighted by Crippen LogP contribution is -2.47. The summed E-state index contributed by atoms with van der Waals surface area (Å²) in [6, 6.07) is 8.62. The molecule has 1 aromatic heterocycles. The van der Waals surface area contributed by atoms with E-state index in [2.05, 4.69) is 15.0 Å². The van der Waals surface area contributed by atoms with Gasteiger partial charge in [0, 0.05) is 17.4 Å². The molecule has 14 heteroatoms. The standard InChI is InChI=1S/C27H22F9N3O2/c1-24(2,17-6-11-22(37-14-17)26(31,32)33)38-20-13-21(15-4-3-5-16(12-15)25(28,29)30)39(23(20)40)18-7-9-19(10-8-18)41-27(34,35)36/h3-12,14,20-21,38H,13H2,1-2H3. The minimum atomic E-state index is -4.96. The molecule has 0 saturated carbocycles. The number of halogens is 9. The SMILES string of the molecule is CC(C)(NC1CC(c2cccc(C(F)(F)F)c2)N(c2ccc(OC(F)(F)F)cc2)C1=O)c1ccc(C(F)(F)F)nc1. The highest BCUT2D eigenvalue weighted by Gasteiger charge is 2.44. The number of ether oxygens (including phenoxy) is 1. The van der Waals surface area contributed by atoms with E-state index in [1.165, 1.54) is 35.2 Å². The number of amides is 1. The van der Waals surface area contributed by atoms with Crippen molar-refractivity contribution in [3.63, 3.8) is 0 Å². The molecule has 41 heavy (non-hydrogen) atoms. The normalized spacial score (nSPS) is 18.6. The monoisotopic (exact) mass is 591 g/mol. The van der Waals surface area contributed by atoms with Gasteiger partial charge in [0.2, 0.25) is 5.91 Å². The average Bonchev–Trinajstić information content (AvgIpc) is 3.18. The molecule has 0 aliphatic carbocycles. The van der Waals surface area contributed by atoms with Gasteiger partial charge in [-0.05, 0) is 73.9 Å². The molecular weight excluding hydrogens is 569 g/mol. The molecule has 1 fully saturated rings. The molecule has 2 aromatic carbocycles. The van der Waals surface area contributed by atoms with E-state index in [1.54, 1.807) is 13.8 Å². The number of pyridine rings is 1. The van der Waals surface area contributed by atoms with Crippen molar-refractivity contribution in [3.8, 4) is 5.75 Å². The first-order valence-electron chi connectivity index (χ1n) is 12.0. The Morgan fingerprint density at radius 2 is 1.51 bits per heavy atom. The molecule has 0 bridgehead atoms. The topological polar surface area (TPSA) is 54.5 Å². The zero-order valence-electron chi connectivity index (χ0n) is 21.3. The Hall–Kier alpha value is -3.81. The maximum Gasteiger partial charge on any atom is 0.573 e. The Morgan fingerprint density at radius 3 is 2.05 bits per heavy atom. The second-order valence-corrected chi connectivity index (χ2v) is 9.88. The van der Waals surface area contributed by atoms with Crippen LogP contribution in [0.2, 0.25) is 0 Å². The van der Waals surface area contributed by atoms with Gasteiger partial charge in [-0.3, -0.25) is 15.1 Å². The van der Waals surface area contributed by atoms with Crippen LogP contribution in [-0.4, -0.2) is 23.3 Å². The number of carbonyl (C=O) groups is 1. The highest BCUT2D eigenvalue weighted by atomic mass is 19.4. The number of carbonyl (C=O) groups excluding carboxylic acids is 1. The summed E-state index contributed by atoms with van der Waals surface area (Å²) < 4.78 is 121. The second-order valence-electron chi connectivity index (χ2n) is 9.88. The number of nitrogens with one attached hydrogen (secondary N) is 1. The molecule has 0 spiro atoms. The van der Waals surface area contributed by atoms with Crippen LogP contribution in [-0.2, 0) is 22.7 Å². The Balaban J connectivity index is 1.68. The number of alkyl halides is 9. The predicted molar refractivity (Wildman–Crippen MR) is 129 cm³/mol. The molecule has 220 valence electrons. The fourth-order valence-corrected chi connectivity index (χ4v) is 4.64. The zero-order valence-corrected chi connectivity index (χ0v) is 21.3. The van der Waals surface area contributed by atoms with Gasteiger partial charge in [0.1, 0.15) is 11.4 Å². The number of aromatic nitrogens is 1. The van der Waals surface area contributed by atoms with Crippen LogP contribution in [0.3, 0.4) is 0 Å². The number of rotatable bonds is 6. The van der Waals surface area contributed by atoms with E-state index in [4.69, 9.17) is 0 Å². The van der Waals surface area contributed by atoms with Crippen LogP contribution in [0.4, 0.5) is 45.2 Å². The lowest BCUT2D eigenvalue weighted by Gasteiger charge is -2.30. The van der Waals surface area contributed by atoms with Crippen LogP contribution in [0.15, 0.2) is 66.9 Å². The van der Waals surface area contributed by atoms with Gasteiger partial charge < -0.3 is 9.64 Å². The van der Waals surface area contributed by atoms with Crippen molar-refractivity contribution in [1.29, 1.82) is 0 Å². The van der Waals surface area contributed by atoms with Gasteiger partial charge >= 0.3 is 18.7 Å². The summed E-state index contributed by atoms with van der Waals surface area (Å²) in [6.07, 6.45) is -13.3. The predicted octanol–water partition coefficient (Wildman–Crippen LogP) is 7.39. The minimum Gasteiger partial charge on any atom is -0.406 e. The summed E-state index contributed by atoms with van der Waals surface area (Å²) in [5, 5.41) is 3.06. The van der Waals surface area contributed by atoms with Gasteiger partial charge in [0.05, 0.1) is 17.6 Å². The number of anilines is 1. The first-order chi connectivity index (χ1) is 18.8. The van der Waals surface area contributed by atoms with Gasteiger partial charge in [-0.15, -0.1) is 13.2 Å². The van der Waals surface area contributed by atoms with Gasteiger partial charge in [0.15, 0.2) is 0 Å². The van der Waals surface area contributed by atoms with Gasteiger partial charge in [-0.1, -0.05) is 18.2 Å². The molecule has 0 radical (unpaired) electrons. The van der Waals surface area contributed by atoms with Crippen LogP contribution in [0.5, 0.6) is 5.75 Å². The molecule has 5 nitrogen and oxygen atoms in total. The molecule has 2 heterocycles. The van der Waals surface area contributed by atoms with E-state index in [-0.39, 0.29) is 17.7 Å². The number of hydrogen-bond acceptors (Lipinski definition) is 4. The van der Waals surface area contributed by atoms with E-state index < -0.39 is 59.3 Å². The molecule has 1 amide bonds. The van der Waals surface area contributed by atoms with Crippen LogP contribution in [0.1, 0.15) is 48.7 Å². The number of nitrogens with zero attached hydrogens (tertiary/aromatic N) is 2. The smallest absolute Gasteiger partial charge is 0.406 e. The summed E-state index contributed by atoms with van der Waals surface area (Å²) in [5.74, 6) is -1.17. The Bertz CT molecular complexity index is 1380. The summed E-state index contributed by atoms with van der Waals surface area (Å²) in [6.45, 7) is 3.19. The third-order valence-electron chi connectivity index (χ3n) is 6.56. The first-order valence-corrected chi connectivity index (χ1v) is 12.0. The molecule has 3 aromatic rings. The first kappa shape index (κ1) is 30.2. The Morgan fingerprint density at radius 1 is 0.854 bits per heavy atom. The highest BCUT2D eigenvalue weighted by Crippen LogP contribution is 2.41. The molecule has 4 rings (SSSR count). The van der Waals surface area contributed by atoms with E-state index >= 15 is 0 Å². The van der Waals surface area contributed by atoms with E-state index in [9.17, 15) is 44.3 Å². The van der Waals surface area contributed by atoms with Crippen molar-refractivity contribution >= 4 is 11.6 Å². The summed E-state index contributed by atoms with van der Waals surface area (Å²) in [4.78, 5) is 18.3. The van der Waals surface area contributed by atoms with Crippen LogP contribution >= 0.6 is 0 Å². The largest absolute Gasteiger partial charge is 0.573 e. The lowest BCUT2D eigenvalue weighted by molar-refractivity contribution is -0.274. The van der Waals surface area contributed by atoms with Crippen molar-refractivity contribution < 1.29 is 49.0 Å². The molecule has 1 N–H and O–H groups in total. The Kier molecular flexibility index (Phi) is 7.76. The maximum atomic E-state index is 13.6. The van der Waals surface area contributed by atoms with Crippen molar-refractivity contribution in [1.82, 2.24) is 10.3 Å². The summed E-state index contributed by atoms with van der Waals surface area (Å²) in [5.41, 5.74) is -2.64. The highest BCUT2D eigenvalue weighted by molar-refractivity contribution is 6.00. The van der Waals surface area contributed by atoms with E-state index in [1.807, 2.05) is 0 Å². The Labute approximate surface area is 227 Å². The zero-order chi connectivity index (χ0) is 30.4. The molecule has 2 unspecified atom stereocenters. The third kappa shape index (κ3) is 6.92. The second kappa shape index (κ2) is 10.5. The van der Waals surface area contributed by atoms with Crippen molar-refractivity contribution in [2.24, 2.45) is 0 Å². The molecule has 2 atom stereocenters. The lowest BCUT2D eigenvalue weighted by atomic mass is 9.93. The fourth-order valence-electron chi connectivity index (χ4n) is 4.64. The van der Waals surface area contributed by atoms with E-state index in [0.717, 1.165) is 36.5 Å². The molecule has 1 aliphatic heterocycles. The summed E-state index contributed by atoms with van der Waals surface area (Å²) in [7, 11) is 0. The van der Waals surface area contributed by atoms with Crippen molar-refractivity contribution in [2.45, 2.75) is 56.6 Å². The number of hydrogen-bond donors (Lipinski definition) is 1. The van der Waals surface area contributed by atoms with Gasteiger partial charge in [-0.2, -0.15) is 26.3 Å². The van der Waals surface area contributed by atoms with Crippen molar-refractivity contribution in [3.05, 3.63) is 89.2 Å². The van der Waals surface area contributed by atoms with Crippen LogP contribution in [0, 0.1) is 0 Å². The fraction of sp³-hybridized carbons (Fsp3) is 0.333. The quantitative estimate of drug-likeness (QED) is 0.304.